The Morgan fingerprint density at radius 1 is 0.802 bits per heavy atom. The van der Waals surface area contributed by atoms with Crippen molar-refractivity contribution in [2.24, 2.45) is 5.73 Å². The Balaban J connectivity index is 1.11. The highest BCUT2D eigenvalue weighted by molar-refractivity contribution is 7.90. The summed E-state index contributed by atoms with van der Waals surface area (Å²) in [5, 5.41) is 14.1. The maximum absolute atomic E-state index is 13.4. The van der Waals surface area contributed by atoms with Gasteiger partial charge in [-0.25, -0.2) is 8.42 Å². The standard InChI is InChI=1S/C51H69ClN9O16PS3/c1-6-76-78(64,77-7-2)22-15-55-50(62)46(34-81(70,71)72)56-27-39-24-44(52)49(25-48(39)73-30-37-23-41(28-54-26-37)79(5,65)66)74-31-38-11-8-12-42(35(38)3)43-13-9-14-47(36(43)4)75-32-40-29-61(58-57-40)17-10-16-59-18-20-60(21-19-59)51(63)45(53)33-80(67,68)69/h8-9,11-14,23-26,28-29,45-46,56H,6-7,10,15-22,27,30-34,53H2,1-5H3,(H,55,62)(H,67,68,69)(H,70,71,72)/t45-,46-/m0/s1. The molecular formula is C51H69ClN9O16PS3. The summed E-state index contributed by atoms with van der Waals surface area (Å²) in [6, 6.07) is 13.2. The summed E-state index contributed by atoms with van der Waals surface area (Å²) in [7, 11) is -16.2. The molecule has 0 aliphatic carbocycles. The highest BCUT2D eigenvalue weighted by atomic mass is 35.5. The summed E-state index contributed by atoms with van der Waals surface area (Å²) >= 11 is 6.86. The molecule has 1 aliphatic rings. The molecule has 30 heteroatoms. The van der Waals surface area contributed by atoms with Gasteiger partial charge in [0.05, 0.1) is 47.0 Å². The molecule has 3 aromatic carbocycles. The fourth-order valence-corrected chi connectivity index (χ4v) is 12.4. The molecule has 5 aromatic rings. The molecule has 25 nitrogen and oxygen atoms in total. The number of aromatic nitrogens is 4. The van der Waals surface area contributed by atoms with E-state index in [1.165, 1.54) is 35.5 Å². The van der Waals surface area contributed by atoms with E-state index in [0.29, 0.717) is 55.3 Å². The number of nitrogens with zero attached hydrogens (tertiary/aromatic N) is 6. The van der Waals surface area contributed by atoms with E-state index in [0.717, 1.165) is 47.0 Å². The van der Waals surface area contributed by atoms with Gasteiger partial charge in [0.1, 0.15) is 54.8 Å². The molecule has 6 rings (SSSR count). The Morgan fingerprint density at radius 2 is 1.46 bits per heavy atom. The lowest BCUT2D eigenvalue weighted by Gasteiger charge is -2.35. The monoisotopic (exact) mass is 1230 g/mol. The van der Waals surface area contributed by atoms with Gasteiger partial charge in [0, 0.05) is 88.2 Å². The number of carbonyl (C=O) groups excluding carboxylic acids is 2. The first-order valence-corrected chi connectivity index (χ1v) is 32.9. The average molecular weight is 1230 g/mol. The quantitative estimate of drug-likeness (QED) is 0.0306. The molecule has 2 atom stereocenters. The van der Waals surface area contributed by atoms with Crippen LogP contribution in [-0.4, -0.2) is 164 Å². The average Bonchev–Trinajstić information content (AvgIpc) is 3.87. The van der Waals surface area contributed by atoms with Crippen LogP contribution in [0, 0.1) is 13.8 Å². The molecule has 81 heavy (non-hydrogen) atoms. The molecule has 2 aromatic heterocycles. The number of rotatable bonds is 31. The topological polar surface area (TPSA) is 340 Å². The third-order valence-electron chi connectivity index (χ3n) is 12.9. The number of hydrogen-bond donors (Lipinski definition) is 5. The molecule has 1 fully saturated rings. The molecular weight excluding hydrogens is 1160 g/mol. The van der Waals surface area contributed by atoms with Gasteiger partial charge >= 0.3 is 7.60 Å². The fourth-order valence-electron chi connectivity index (χ4n) is 8.73. The number of benzene rings is 3. The molecule has 0 unspecified atom stereocenters. The van der Waals surface area contributed by atoms with Crippen molar-refractivity contribution in [3.63, 3.8) is 0 Å². The van der Waals surface area contributed by atoms with E-state index in [-0.39, 0.29) is 73.7 Å². The number of sulfone groups is 1. The number of carbonyl (C=O) groups is 2. The minimum absolute atomic E-state index is 0.0307. The van der Waals surface area contributed by atoms with E-state index in [1.54, 1.807) is 18.5 Å². The predicted octanol–water partition coefficient (Wildman–Crippen LogP) is 4.23. The number of nitrogens with two attached hydrogens (primary N) is 1. The highest BCUT2D eigenvalue weighted by Crippen LogP contribution is 2.47. The number of nitrogens with one attached hydrogen (secondary N) is 2. The minimum atomic E-state index is -4.71. The van der Waals surface area contributed by atoms with Crippen molar-refractivity contribution in [1.82, 2.24) is 40.4 Å². The SMILES string of the molecule is CCOP(=O)(CCNC(=O)[C@H](CS(=O)(=O)O)NCc1cc(Cl)c(OCc2cccc(-c3cccc(OCc4cn(CCCN5CCN(C(=O)[C@@H](N)CS(=O)(=O)O)CC5)nn4)c3C)c2C)cc1OCc1cncc(S(C)(=O)=O)c1)OCC. The van der Waals surface area contributed by atoms with Crippen molar-refractivity contribution in [3.8, 4) is 28.4 Å². The third-order valence-corrected chi connectivity index (χ3v) is 17.9. The van der Waals surface area contributed by atoms with Crippen LogP contribution in [0.1, 0.15) is 53.8 Å². The van der Waals surface area contributed by atoms with Crippen LogP contribution in [0.3, 0.4) is 0 Å². The van der Waals surface area contributed by atoms with Crippen LogP contribution in [0.25, 0.3) is 11.1 Å². The normalized spacial score (nSPS) is 14.4. The van der Waals surface area contributed by atoms with Crippen LogP contribution < -0.4 is 30.6 Å². The first-order valence-electron chi connectivity index (χ1n) is 25.7. The lowest BCUT2D eigenvalue weighted by atomic mass is 9.93. The highest BCUT2D eigenvalue weighted by Gasteiger charge is 2.30. The van der Waals surface area contributed by atoms with E-state index < -0.39 is 73.1 Å². The summed E-state index contributed by atoms with van der Waals surface area (Å²) in [6.07, 6.45) is 6.08. The van der Waals surface area contributed by atoms with Gasteiger partial charge in [-0.15, -0.1) is 5.10 Å². The summed E-state index contributed by atoms with van der Waals surface area (Å²) in [5.41, 5.74) is 11.5. The second kappa shape index (κ2) is 29.1. The van der Waals surface area contributed by atoms with Crippen LogP contribution >= 0.6 is 19.2 Å². The van der Waals surface area contributed by atoms with Crippen LogP contribution in [0.2, 0.25) is 5.02 Å². The van der Waals surface area contributed by atoms with Gasteiger partial charge in [-0.05, 0) is 80.1 Å². The van der Waals surface area contributed by atoms with Crippen molar-refractivity contribution < 1.29 is 71.8 Å². The minimum Gasteiger partial charge on any atom is -0.488 e. The van der Waals surface area contributed by atoms with Gasteiger partial charge in [0.25, 0.3) is 20.2 Å². The zero-order chi connectivity index (χ0) is 59.1. The molecule has 0 saturated carbocycles. The smallest absolute Gasteiger partial charge is 0.332 e. The predicted molar refractivity (Wildman–Crippen MR) is 301 cm³/mol. The van der Waals surface area contributed by atoms with Gasteiger partial charge in [-0.1, -0.05) is 47.1 Å². The summed E-state index contributed by atoms with van der Waals surface area (Å²) < 4.78 is 134. The Morgan fingerprint density at radius 3 is 2.12 bits per heavy atom. The van der Waals surface area contributed by atoms with E-state index in [9.17, 15) is 44.0 Å². The number of hydrogen-bond acceptors (Lipinski definition) is 20. The number of piperazine rings is 1. The second-order valence-corrected chi connectivity index (χ2v) is 26.7. The molecule has 1 aliphatic heterocycles. The maximum atomic E-state index is 13.4. The number of amides is 2. The van der Waals surface area contributed by atoms with Crippen LogP contribution in [-0.2, 0) is 86.2 Å². The molecule has 444 valence electrons. The summed E-state index contributed by atoms with van der Waals surface area (Å²) in [4.78, 5) is 33.6. The van der Waals surface area contributed by atoms with Gasteiger partial charge < -0.3 is 44.5 Å². The maximum Gasteiger partial charge on any atom is 0.332 e. The van der Waals surface area contributed by atoms with Gasteiger partial charge in [0.2, 0.25) is 11.8 Å². The molecule has 3 heterocycles. The lowest BCUT2D eigenvalue weighted by Crippen LogP contribution is -2.54. The van der Waals surface area contributed by atoms with Crippen molar-refractivity contribution in [2.45, 2.75) is 84.0 Å². The Bertz CT molecular complexity index is 3380. The second-order valence-electron chi connectivity index (χ2n) is 19.1. The third kappa shape index (κ3) is 19.8. The Hall–Kier alpha value is -5.62. The number of aryl methyl sites for hydroxylation is 1. The van der Waals surface area contributed by atoms with Gasteiger partial charge in [-0.2, -0.15) is 16.8 Å². The Labute approximate surface area is 477 Å². The molecule has 0 radical (unpaired) electrons. The summed E-state index contributed by atoms with van der Waals surface area (Å²) in [5.74, 6) is -2.19. The van der Waals surface area contributed by atoms with Crippen LogP contribution in [0.15, 0.2) is 78.1 Å². The zero-order valence-electron chi connectivity index (χ0n) is 45.5. The van der Waals surface area contributed by atoms with Gasteiger partial charge in [-0.3, -0.25) is 37.8 Å². The molecule has 0 spiro atoms. The van der Waals surface area contributed by atoms with E-state index in [4.69, 9.17) is 45.1 Å². The summed E-state index contributed by atoms with van der Waals surface area (Å²) in [6.45, 7) is 10.3. The van der Waals surface area contributed by atoms with Gasteiger partial charge in [0.15, 0.2) is 9.84 Å². The molecule has 2 amide bonds. The first kappa shape index (κ1) is 64.5. The van der Waals surface area contributed by atoms with Crippen molar-refractivity contribution in [1.29, 1.82) is 0 Å². The lowest BCUT2D eigenvalue weighted by molar-refractivity contribution is -0.133. The van der Waals surface area contributed by atoms with Crippen molar-refractivity contribution in [3.05, 3.63) is 112 Å². The number of halogens is 1. The fraction of sp³-hybridized carbons (Fsp3) is 0.471. The zero-order valence-corrected chi connectivity index (χ0v) is 49.6. The molecule has 6 N–H and O–H groups in total. The van der Waals surface area contributed by atoms with Crippen molar-refractivity contribution in [2.75, 3.05) is 76.4 Å². The van der Waals surface area contributed by atoms with Crippen LogP contribution in [0.5, 0.6) is 17.2 Å². The Kier molecular flexibility index (Phi) is 23.2. The molecule has 1 saturated heterocycles. The van der Waals surface area contributed by atoms with E-state index >= 15 is 0 Å². The van der Waals surface area contributed by atoms with E-state index in [1.807, 2.05) is 56.4 Å². The van der Waals surface area contributed by atoms with Crippen molar-refractivity contribution >= 4 is 61.1 Å². The van der Waals surface area contributed by atoms with Crippen LogP contribution in [0.4, 0.5) is 0 Å². The largest absolute Gasteiger partial charge is 0.488 e. The number of pyridine rings is 1. The van der Waals surface area contributed by atoms with E-state index in [2.05, 4.69) is 30.8 Å². The molecule has 0 bridgehead atoms. The first-order chi connectivity index (χ1) is 38.2. The number of ether oxygens (including phenoxy) is 3.